The predicted molar refractivity (Wildman–Crippen MR) is 75.4 cm³/mol. The van der Waals surface area contributed by atoms with Gasteiger partial charge in [0.2, 0.25) is 0 Å². The van der Waals surface area contributed by atoms with Gasteiger partial charge in [0.15, 0.2) is 0 Å². The lowest BCUT2D eigenvalue weighted by molar-refractivity contribution is 0.0943. The minimum Gasteiger partial charge on any atom is -0.348 e. The van der Waals surface area contributed by atoms with Gasteiger partial charge in [0.25, 0.3) is 5.91 Å². The molecule has 2 unspecified atom stereocenters. The summed E-state index contributed by atoms with van der Waals surface area (Å²) in [6.07, 6.45) is 4.90. The van der Waals surface area contributed by atoms with Crippen molar-refractivity contribution in [2.24, 2.45) is 5.92 Å². The van der Waals surface area contributed by atoms with Crippen molar-refractivity contribution in [3.8, 4) is 0 Å². The lowest BCUT2D eigenvalue weighted by Gasteiger charge is -2.08. The molecule has 0 saturated heterocycles. The number of aromatic nitrogens is 2. The Morgan fingerprint density at radius 2 is 2.32 bits per heavy atom. The van der Waals surface area contributed by atoms with Gasteiger partial charge in [-0.2, -0.15) is 0 Å². The van der Waals surface area contributed by atoms with Gasteiger partial charge in [-0.3, -0.25) is 4.79 Å². The van der Waals surface area contributed by atoms with Crippen LogP contribution in [-0.4, -0.2) is 21.9 Å². The first kappa shape index (κ1) is 14.3. The molecule has 2 atom stereocenters. The molecule has 1 amide bonds. The first-order valence-electron chi connectivity index (χ1n) is 6.86. The van der Waals surface area contributed by atoms with Crippen LogP contribution in [0.1, 0.15) is 62.3 Å². The molecule has 1 N–H and O–H groups in total. The van der Waals surface area contributed by atoms with Gasteiger partial charge in [-0.25, -0.2) is 9.97 Å². The Balaban J connectivity index is 2.05. The summed E-state index contributed by atoms with van der Waals surface area (Å²) < 4.78 is 0. The Hall–Kier alpha value is -1.16. The van der Waals surface area contributed by atoms with Crippen molar-refractivity contribution in [1.29, 1.82) is 0 Å². The third-order valence-corrected chi connectivity index (χ3v) is 3.67. The van der Waals surface area contributed by atoms with Crippen molar-refractivity contribution in [3.05, 3.63) is 22.7 Å². The summed E-state index contributed by atoms with van der Waals surface area (Å²) in [5, 5.41) is 3.31. The van der Waals surface area contributed by atoms with Gasteiger partial charge in [-0.1, -0.05) is 38.8 Å². The van der Waals surface area contributed by atoms with E-state index in [2.05, 4.69) is 22.2 Å². The quantitative estimate of drug-likeness (QED) is 0.902. The van der Waals surface area contributed by atoms with Crippen molar-refractivity contribution < 1.29 is 4.79 Å². The Morgan fingerprint density at radius 1 is 1.58 bits per heavy atom. The summed E-state index contributed by atoms with van der Waals surface area (Å²) in [4.78, 5) is 20.6. The molecule has 19 heavy (non-hydrogen) atoms. The number of hydrogen-bond donors (Lipinski definition) is 1. The fraction of sp³-hybridized carbons (Fsp3) is 0.643. The zero-order chi connectivity index (χ0) is 14.0. The van der Waals surface area contributed by atoms with Crippen LogP contribution in [0.15, 0.2) is 6.20 Å². The minimum atomic E-state index is -0.182. The molecule has 0 spiro atoms. The highest BCUT2D eigenvalue weighted by atomic mass is 35.5. The summed E-state index contributed by atoms with van der Waals surface area (Å²) in [6.45, 7) is 6.14. The van der Waals surface area contributed by atoms with Crippen LogP contribution < -0.4 is 5.32 Å². The van der Waals surface area contributed by atoms with Crippen molar-refractivity contribution >= 4 is 17.5 Å². The average Bonchev–Trinajstić information content (AvgIpc) is 3.07. The van der Waals surface area contributed by atoms with Crippen LogP contribution in [0.3, 0.4) is 0 Å². The molecular formula is C14H20ClN3O. The molecule has 1 aromatic rings. The van der Waals surface area contributed by atoms with Crippen molar-refractivity contribution in [2.75, 3.05) is 0 Å². The number of carbonyl (C=O) groups is 1. The van der Waals surface area contributed by atoms with Crippen LogP contribution in [0.2, 0.25) is 5.02 Å². The number of nitrogens with one attached hydrogen (secondary N) is 1. The average molecular weight is 282 g/mol. The van der Waals surface area contributed by atoms with Gasteiger partial charge in [0.05, 0.1) is 11.2 Å². The number of amides is 1. The molecule has 0 aliphatic heterocycles. The molecule has 1 aromatic heterocycles. The van der Waals surface area contributed by atoms with E-state index in [4.69, 9.17) is 11.6 Å². The smallest absolute Gasteiger partial charge is 0.271 e. The molecule has 2 rings (SSSR count). The third kappa shape index (κ3) is 3.44. The number of rotatable bonds is 5. The summed E-state index contributed by atoms with van der Waals surface area (Å²) in [6, 6.07) is 0.293. The highest BCUT2D eigenvalue weighted by molar-refractivity contribution is 6.33. The molecule has 104 valence electrons. The molecule has 5 heteroatoms. The van der Waals surface area contributed by atoms with Crippen molar-refractivity contribution in [2.45, 2.75) is 52.0 Å². The van der Waals surface area contributed by atoms with Crippen LogP contribution in [0, 0.1) is 5.92 Å². The second-order valence-corrected chi connectivity index (χ2v) is 5.85. The second-order valence-electron chi connectivity index (χ2n) is 5.44. The molecule has 1 saturated carbocycles. The van der Waals surface area contributed by atoms with Crippen LogP contribution >= 0.6 is 11.6 Å². The number of halogens is 1. The fourth-order valence-electron chi connectivity index (χ4n) is 2.17. The Kier molecular flexibility index (Phi) is 4.40. The maximum Gasteiger partial charge on any atom is 0.271 e. The van der Waals surface area contributed by atoms with E-state index < -0.39 is 0 Å². The van der Waals surface area contributed by atoms with E-state index in [0.29, 0.717) is 28.5 Å². The topological polar surface area (TPSA) is 54.9 Å². The summed E-state index contributed by atoms with van der Waals surface area (Å²) in [5.74, 6) is 1.27. The van der Waals surface area contributed by atoms with E-state index in [0.717, 1.165) is 12.8 Å². The standard InChI is InChI=1S/C14H20ClN3O/c1-4-5-9-6-11(9)17-14(19)12-10(15)7-16-13(18-12)8(2)3/h7-9,11H,4-6H2,1-3H3,(H,17,19). The predicted octanol–water partition coefficient (Wildman–Crippen LogP) is 3.17. The van der Waals surface area contributed by atoms with Gasteiger partial charge in [0.1, 0.15) is 11.5 Å². The Morgan fingerprint density at radius 3 is 2.95 bits per heavy atom. The van der Waals surface area contributed by atoms with Gasteiger partial charge < -0.3 is 5.32 Å². The van der Waals surface area contributed by atoms with Crippen LogP contribution in [0.25, 0.3) is 0 Å². The van der Waals surface area contributed by atoms with Crippen LogP contribution in [-0.2, 0) is 0 Å². The molecule has 1 aliphatic rings. The van der Waals surface area contributed by atoms with E-state index in [1.165, 1.54) is 12.6 Å². The van der Waals surface area contributed by atoms with Crippen molar-refractivity contribution in [3.63, 3.8) is 0 Å². The van der Waals surface area contributed by atoms with E-state index in [9.17, 15) is 4.79 Å². The normalized spacial score (nSPS) is 21.5. The number of carbonyl (C=O) groups excluding carboxylic acids is 1. The summed E-state index contributed by atoms with van der Waals surface area (Å²) in [5.41, 5.74) is 0.294. The molecule has 1 heterocycles. The minimum absolute atomic E-state index is 0.178. The molecule has 1 aliphatic carbocycles. The van der Waals surface area contributed by atoms with Gasteiger partial charge >= 0.3 is 0 Å². The molecular weight excluding hydrogens is 262 g/mol. The first-order valence-corrected chi connectivity index (χ1v) is 7.24. The second kappa shape index (κ2) is 5.87. The largest absolute Gasteiger partial charge is 0.348 e. The maximum atomic E-state index is 12.2. The SMILES string of the molecule is CCCC1CC1NC(=O)c1nc(C(C)C)ncc1Cl. The lowest BCUT2D eigenvalue weighted by Crippen LogP contribution is -2.28. The van der Waals surface area contributed by atoms with Crippen LogP contribution in [0.4, 0.5) is 0 Å². The molecule has 0 bridgehead atoms. The summed E-state index contributed by atoms with van der Waals surface area (Å²) in [7, 11) is 0. The monoisotopic (exact) mass is 281 g/mol. The van der Waals surface area contributed by atoms with E-state index in [1.807, 2.05) is 13.8 Å². The van der Waals surface area contributed by atoms with Gasteiger partial charge in [-0.05, 0) is 18.8 Å². The van der Waals surface area contributed by atoms with E-state index >= 15 is 0 Å². The highest BCUT2D eigenvalue weighted by Crippen LogP contribution is 2.34. The zero-order valence-corrected chi connectivity index (χ0v) is 12.4. The molecule has 1 fully saturated rings. The maximum absolute atomic E-state index is 12.2. The molecule has 0 aromatic carbocycles. The first-order chi connectivity index (χ1) is 9.02. The number of nitrogens with zero attached hydrogens (tertiary/aromatic N) is 2. The fourth-order valence-corrected chi connectivity index (χ4v) is 2.35. The van der Waals surface area contributed by atoms with E-state index in [-0.39, 0.29) is 11.8 Å². The lowest BCUT2D eigenvalue weighted by atomic mass is 10.2. The highest BCUT2D eigenvalue weighted by Gasteiger charge is 2.37. The number of hydrogen-bond acceptors (Lipinski definition) is 3. The van der Waals surface area contributed by atoms with Gasteiger partial charge in [-0.15, -0.1) is 0 Å². The van der Waals surface area contributed by atoms with Crippen LogP contribution in [0.5, 0.6) is 0 Å². The molecule has 4 nitrogen and oxygen atoms in total. The Labute approximate surface area is 119 Å². The summed E-state index contributed by atoms with van der Waals surface area (Å²) >= 11 is 6.01. The van der Waals surface area contributed by atoms with Gasteiger partial charge in [0, 0.05) is 12.0 Å². The Bertz CT molecular complexity index is 476. The van der Waals surface area contributed by atoms with E-state index in [1.54, 1.807) is 0 Å². The third-order valence-electron chi connectivity index (χ3n) is 3.39. The molecule has 0 radical (unpaired) electrons. The zero-order valence-electron chi connectivity index (χ0n) is 11.6. The van der Waals surface area contributed by atoms with Crippen molar-refractivity contribution in [1.82, 2.24) is 15.3 Å².